The molecule has 4 nitrogen and oxygen atoms in total. The Kier molecular flexibility index (Phi) is 3.80. The normalized spacial score (nSPS) is 22.3. The van der Waals surface area contributed by atoms with Crippen LogP contribution in [-0.2, 0) is 0 Å². The van der Waals surface area contributed by atoms with Gasteiger partial charge in [0, 0.05) is 24.0 Å². The van der Waals surface area contributed by atoms with Crippen LogP contribution in [0.4, 0.5) is 0 Å². The number of hydrogen-bond donors (Lipinski definition) is 2. The number of alkyl halides is 1. The zero-order valence-corrected chi connectivity index (χ0v) is 11.7. The van der Waals surface area contributed by atoms with Crippen LogP contribution in [0.5, 0.6) is 11.5 Å². The molecule has 1 aromatic carbocycles. The fourth-order valence-electron chi connectivity index (χ4n) is 2.15. The number of phenolic OH excluding ortho intramolecular Hbond substituents is 2. The second-order valence-corrected chi connectivity index (χ2v) is 6.12. The number of nitrogens with zero attached hydrogens (tertiary/aromatic N) is 1. The Balaban J connectivity index is 1.99. The summed E-state index contributed by atoms with van der Waals surface area (Å²) < 4.78 is 0. The van der Waals surface area contributed by atoms with Crippen LogP contribution in [0.25, 0.3) is 0 Å². The molecule has 0 heterocycles. The summed E-state index contributed by atoms with van der Waals surface area (Å²) in [6, 6.07) is 4.14. The van der Waals surface area contributed by atoms with Crippen molar-refractivity contribution in [3.05, 3.63) is 23.8 Å². The molecule has 1 saturated carbocycles. The van der Waals surface area contributed by atoms with E-state index < -0.39 is 0 Å². The molecule has 2 rings (SSSR count). The molecular formula is C13H16BrNO3. The van der Waals surface area contributed by atoms with Crippen molar-refractivity contribution in [2.75, 3.05) is 13.6 Å². The first kappa shape index (κ1) is 13.2. The predicted octanol–water partition coefficient (Wildman–Crippen LogP) is 2.34. The largest absolute Gasteiger partial charge is 0.504 e. The van der Waals surface area contributed by atoms with Crippen LogP contribution in [0.15, 0.2) is 18.2 Å². The summed E-state index contributed by atoms with van der Waals surface area (Å²) >= 11 is 3.53. The van der Waals surface area contributed by atoms with Gasteiger partial charge in [-0.05, 0) is 37.0 Å². The molecule has 0 atom stereocenters. The van der Waals surface area contributed by atoms with Gasteiger partial charge >= 0.3 is 0 Å². The van der Waals surface area contributed by atoms with Crippen molar-refractivity contribution in [3.8, 4) is 11.5 Å². The van der Waals surface area contributed by atoms with Gasteiger partial charge in [0.1, 0.15) is 0 Å². The Morgan fingerprint density at radius 1 is 1.39 bits per heavy atom. The summed E-state index contributed by atoms with van der Waals surface area (Å²) in [5, 5.41) is 18.6. The van der Waals surface area contributed by atoms with Crippen molar-refractivity contribution in [1.29, 1.82) is 0 Å². The molecule has 0 aliphatic heterocycles. The summed E-state index contributed by atoms with van der Waals surface area (Å²) in [7, 11) is 1.76. The monoisotopic (exact) mass is 313 g/mol. The average Bonchev–Trinajstić information content (AvgIpc) is 2.29. The first-order valence-corrected chi connectivity index (χ1v) is 6.80. The Labute approximate surface area is 114 Å². The molecule has 0 saturated heterocycles. The van der Waals surface area contributed by atoms with Crippen LogP contribution < -0.4 is 0 Å². The molecule has 1 amide bonds. The third kappa shape index (κ3) is 2.77. The number of phenols is 2. The molecule has 0 radical (unpaired) electrons. The van der Waals surface area contributed by atoms with E-state index in [1.54, 1.807) is 11.9 Å². The van der Waals surface area contributed by atoms with Crippen molar-refractivity contribution in [3.63, 3.8) is 0 Å². The molecule has 5 heteroatoms. The highest BCUT2D eigenvalue weighted by Crippen LogP contribution is 2.34. The second kappa shape index (κ2) is 5.18. The van der Waals surface area contributed by atoms with Gasteiger partial charge in [-0.3, -0.25) is 4.79 Å². The number of carbonyl (C=O) groups is 1. The lowest BCUT2D eigenvalue weighted by Gasteiger charge is -2.34. The molecular weight excluding hydrogens is 298 g/mol. The zero-order chi connectivity index (χ0) is 13.3. The number of carbonyl (C=O) groups excluding carboxylic acids is 1. The molecule has 1 fully saturated rings. The van der Waals surface area contributed by atoms with Gasteiger partial charge in [-0.15, -0.1) is 0 Å². The van der Waals surface area contributed by atoms with Crippen LogP contribution in [0, 0.1) is 5.92 Å². The molecule has 1 aromatic rings. The van der Waals surface area contributed by atoms with Crippen molar-refractivity contribution in [2.45, 2.75) is 17.7 Å². The van der Waals surface area contributed by atoms with Gasteiger partial charge in [-0.2, -0.15) is 0 Å². The number of amides is 1. The zero-order valence-electron chi connectivity index (χ0n) is 10.1. The van der Waals surface area contributed by atoms with Crippen molar-refractivity contribution < 1.29 is 15.0 Å². The Morgan fingerprint density at radius 3 is 2.61 bits per heavy atom. The van der Waals surface area contributed by atoms with E-state index in [0.717, 1.165) is 19.4 Å². The lowest BCUT2D eigenvalue weighted by Crippen LogP contribution is -2.37. The Hall–Kier alpha value is -1.23. The van der Waals surface area contributed by atoms with Crippen LogP contribution in [-0.4, -0.2) is 39.4 Å². The molecule has 1 aliphatic rings. The van der Waals surface area contributed by atoms with Gasteiger partial charge in [-0.25, -0.2) is 0 Å². The summed E-state index contributed by atoms with van der Waals surface area (Å²) in [4.78, 5) is 14.3. The third-order valence-corrected chi connectivity index (χ3v) is 4.03. The number of aromatic hydroxyl groups is 2. The molecule has 0 aromatic heterocycles. The van der Waals surface area contributed by atoms with Crippen LogP contribution in [0.1, 0.15) is 23.2 Å². The summed E-state index contributed by atoms with van der Waals surface area (Å²) in [6.45, 7) is 0.725. The minimum Gasteiger partial charge on any atom is -0.504 e. The maximum atomic E-state index is 12.1. The van der Waals surface area contributed by atoms with Gasteiger partial charge < -0.3 is 15.1 Å². The molecule has 1 aliphatic carbocycles. The SMILES string of the molecule is CN(CC1CC(Br)C1)C(=O)c1ccc(O)c(O)c1. The summed E-state index contributed by atoms with van der Waals surface area (Å²) in [6.07, 6.45) is 2.19. The van der Waals surface area contributed by atoms with E-state index in [2.05, 4.69) is 15.9 Å². The number of hydrogen-bond acceptors (Lipinski definition) is 3. The number of halogens is 1. The smallest absolute Gasteiger partial charge is 0.253 e. The minimum atomic E-state index is -0.265. The van der Waals surface area contributed by atoms with Gasteiger partial charge in [0.2, 0.25) is 0 Å². The van der Waals surface area contributed by atoms with Crippen LogP contribution in [0.2, 0.25) is 0 Å². The van der Waals surface area contributed by atoms with Gasteiger partial charge in [0.05, 0.1) is 0 Å². The standard InChI is InChI=1S/C13H16BrNO3/c1-15(7-8-4-10(14)5-8)13(18)9-2-3-11(16)12(17)6-9/h2-3,6,8,10,16-17H,4-5,7H2,1H3. The lowest BCUT2D eigenvalue weighted by atomic mass is 9.85. The molecule has 0 unspecified atom stereocenters. The van der Waals surface area contributed by atoms with E-state index in [9.17, 15) is 15.0 Å². The molecule has 98 valence electrons. The average molecular weight is 314 g/mol. The molecule has 0 spiro atoms. The Morgan fingerprint density at radius 2 is 2.06 bits per heavy atom. The fraction of sp³-hybridized carbons (Fsp3) is 0.462. The van der Waals surface area contributed by atoms with E-state index in [4.69, 9.17) is 0 Å². The maximum absolute atomic E-state index is 12.1. The van der Waals surface area contributed by atoms with E-state index in [1.807, 2.05) is 0 Å². The molecule has 18 heavy (non-hydrogen) atoms. The minimum absolute atomic E-state index is 0.136. The Bertz CT molecular complexity index is 458. The number of benzene rings is 1. The van der Waals surface area contributed by atoms with Crippen molar-refractivity contribution in [1.82, 2.24) is 4.90 Å². The van der Waals surface area contributed by atoms with E-state index >= 15 is 0 Å². The first-order valence-electron chi connectivity index (χ1n) is 5.89. The molecule has 0 bridgehead atoms. The van der Waals surface area contributed by atoms with Gasteiger partial charge in [-0.1, -0.05) is 15.9 Å². The van der Waals surface area contributed by atoms with Crippen LogP contribution in [0.3, 0.4) is 0 Å². The van der Waals surface area contributed by atoms with Crippen LogP contribution >= 0.6 is 15.9 Å². The van der Waals surface area contributed by atoms with Crippen molar-refractivity contribution >= 4 is 21.8 Å². The highest BCUT2D eigenvalue weighted by molar-refractivity contribution is 9.09. The van der Waals surface area contributed by atoms with Gasteiger partial charge in [0.15, 0.2) is 11.5 Å². The lowest BCUT2D eigenvalue weighted by molar-refractivity contribution is 0.0748. The van der Waals surface area contributed by atoms with E-state index in [-0.39, 0.29) is 17.4 Å². The third-order valence-electron chi connectivity index (χ3n) is 3.28. The second-order valence-electron chi connectivity index (χ2n) is 4.82. The fourth-order valence-corrected chi connectivity index (χ4v) is 3.21. The van der Waals surface area contributed by atoms with E-state index in [1.165, 1.54) is 18.2 Å². The highest BCUT2D eigenvalue weighted by atomic mass is 79.9. The highest BCUT2D eigenvalue weighted by Gasteiger charge is 2.29. The van der Waals surface area contributed by atoms with Crippen molar-refractivity contribution in [2.24, 2.45) is 5.92 Å². The summed E-state index contributed by atoms with van der Waals surface area (Å²) in [5.74, 6) is -0.0638. The summed E-state index contributed by atoms with van der Waals surface area (Å²) in [5.41, 5.74) is 0.391. The van der Waals surface area contributed by atoms with Gasteiger partial charge in [0.25, 0.3) is 5.91 Å². The maximum Gasteiger partial charge on any atom is 0.253 e. The number of rotatable bonds is 3. The first-order chi connectivity index (χ1) is 8.47. The quantitative estimate of drug-likeness (QED) is 0.665. The molecule has 2 N–H and O–H groups in total. The topological polar surface area (TPSA) is 60.8 Å². The predicted molar refractivity (Wildman–Crippen MR) is 72.2 cm³/mol. The van der Waals surface area contributed by atoms with E-state index in [0.29, 0.717) is 16.3 Å².